The van der Waals surface area contributed by atoms with E-state index in [4.69, 9.17) is 21.1 Å². The summed E-state index contributed by atoms with van der Waals surface area (Å²) in [5.74, 6) is -1.07. The van der Waals surface area contributed by atoms with Gasteiger partial charge in [0.25, 0.3) is 5.91 Å². The standard InChI is InChI=1S/C18H16ClNO5/c1-24-13-6-4-5-12(9-13)18(23)20-10-17(22)25-11-16(21)14-7-2-3-8-15(14)19/h2-9H,10-11H2,1H3,(H,20,23). The van der Waals surface area contributed by atoms with E-state index in [1.54, 1.807) is 48.5 Å². The van der Waals surface area contributed by atoms with Crippen molar-refractivity contribution < 1.29 is 23.9 Å². The van der Waals surface area contributed by atoms with Crippen molar-refractivity contribution in [1.82, 2.24) is 5.32 Å². The lowest BCUT2D eigenvalue weighted by Gasteiger charge is -2.08. The smallest absolute Gasteiger partial charge is 0.325 e. The summed E-state index contributed by atoms with van der Waals surface area (Å²) in [6, 6.07) is 13.0. The fourth-order valence-electron chi connectivity index (χ4n) is 1.98. The number of hydrogen-bond acceptors (Lipinski definition) is 5. The van der Waals surface area contributed by atoms with Crippen molar-refractivity contribution >= 4 is 29.3 Å². The minimum Gasteiger partial charge on any atom is -0.497 e. The Labute approximate surface area is 149 Å². The van der Waals surface area contributed by atoms with Crippen molar-refractivity contribution in [1.29, 1.82) is 0 Å². The van der Waals surface area contributed by atoms with Gasteiger partial charge in [-0.3, -0.25) is 14.4 Å². The number of carbonyl (C=O) groups excluding carboxylic acids is 3. The lowest BCUT2D eigenvalue weighted by molar-refractivity contribution is -0.141. The normalized spacial score (nSPS) is 10.0. The first-order valence-electron chi connectivity index (χ1n) is 7.37. The third kappa shape index (κ3) is 5.32. The van der Waals surface area contributed by atoms with Gasteiger partial charge in [-0.2, -0.15) is 0 Å². The van der Waals surface area contributed by atoms with Gasteiger partial charge >= 0.3 is 5.97 Å². The van der Waals surface area contributed by atoms with E-state index in [0.29, 0.717) is 11.3 Å². The Morgan fingerprint density at radius 1 is 1.08 bits per heavy atom. The molecule has 1 N–H and O–H groups in total. The second-order valence-electron chi connectivity index (χ2n) is 4.98. The zero-order valence-electron chi connectivity index (χ0n) is 13.5. The molecule has 6 nitrogen and oxygen atoms in total. The molecule has 7 heteroatoms. The molecule has 2 rings (SSSR count). The molecule has 0 fully saturated rings. The van der Waals surface area contributed by atoms with Gasteiger partial charge in [-0.25, -0.2) is 0 Å². The first kappa shape index (κ1) is 18.5. The van der Waals surface area contributed by atoms with E-state index >= 15 is 0 Å². The molecule has 130 valence electrons. The largest absolute Gasteiger partial charge is 0.497 e. The summed E-state index contributed by atoms with van der Waals surface area (Å²) in [7, 11) is 1.49. The highest BCUT2D eigenvalue weighted by Gasteiger charge is 2.14. The molecule has 25 heavy (non-hydrogen) atoms. The average molecular weight is 362 g/mol. The van der Waals surface area contributed by atoms with Gasteiger partial charge in [-0.1, -0.05) is 29.8 Å². The van der Waals surface area contributed by atoms with Gasteiger partial charge in [0.05, 0.1) is 12.1 Å². The summed E-state index contributed by atoms with van der Waals surface area (Å²) >= 11 is 5.90. The maximum absolute atomic E-state index is 12.0. The van der Waals surface area contributed by atoms with Crippen molar-refractivity contribution in [2.24, 2.45) is 0 Å². The van der Waals surface area contributed by atoms with Gasteiger partial charge in [0.2, 0.25) is 5.78 Å². The average Bonchev–Trinajstić information content (AvgIpc) is 2.64. The molecule has 0 aliphatic heterocycles. The van der Waals surface area contributed by atoms with E-state index in [9.17, 15) is 14.4 Å². The molecule has 0 atom stereocenters. The van der Waals surface area contributed by atoms with Crippen molar-refractivity contribution in [2.45, 2.75) is 0 Å². The second-order valence-corrected chi connectivity index (χ2v) is 5.39. The minimum absolute atomic E-state index is 0.275. The lowest BCUT2D eigenvalue weighted by atomic mass is 10.1. The third-order valence-electron chi connectivity index (χ3n) is 3.26. The Morgan fingerprint density at radius 3 is 2.56 bits per heavy atom. The number of carbonyl (C=O) groups is 3. The van der Waals surface area contributed by atoms with E-state index in [2.05, 4.69) is 5.32 Å². The van der Waals surface area contributed by atoms with Crippen LogP contribution in [-0.2, 0) is 9.53 Å². The second kappa shape index (κ2) is 8.84. The topological polar surface area (TPSA) is 81.7 Å². The molecular weight excluding hydrogens is 346 g/mol. The number of esters is 1. The molecule has 0 unspecified atom stereocenters. The first-order chi connectivity index (χ1) is 12.0. The minimum atomic E-state index is -0.725. The third-order valence-corrected chi connectivity index (χ3v) is 3.59. The number of ketones is 1. The number of rotatable bonds is 7. The molecule has 0 heterocycles. The lowest BCUT2D eigenvalue weighted by Crippen LogP contribution is -2.31. The Bertz CT molecular complexity index is 791. The highest BCUT2D eigenvalue weighted by Crippen LogP contribution is 2.15. The Balaban J connectivity index is 1.81. The molecule has 0 bridgehead atoms. The molecular formula is C18H16ClNO5. The number of halogens is 1. The maximum atomic E-state index is 12.0. The van der Waals surface area contributed by atoms with Gasteiger partial charge in [-0.05, 0) is 30.3 Å². The molecule has 1 amide bonds. The number of amides is 1. The summed E-state index contributed by atoms with van der Waals surface area (Å²) in [6.45, 7) is -0.802. The van der Waals surface area contributed by atoms with Crippen LogP contribution < -0.4 is 10.1 Å². The van der Waals surface area contributed by atoms with Crippen LogP contribution in [0.1, 0.15) is 20.7 Å². The van der Waals surface area contributed by atoms with Crippen molar-refractivity contribution in [3.8, 4) is 5.75 Å². The van der Waals surface area contributed by atoms with Crippen LogP contribution in [0.4, 0.5) is 0 Å². The highest BCUT2D eigenvalue weighted by molar-refractivity contribution is 6.34. The Hall–Kier alpha value is -2.86. The predicted octanol–water partition coefficient (Wildman–Crippen LogP) is 2.50. The molecule has 0 aromatic heterocycles. The molecule has 2 aromatic rings. The van der Waals surface area contributed by atoms with E-state index in [-0.39, 0.29) is 17.1 Å². The number of nitrogens with one attached hydrogen (secondary N) is 1. The first-order valence-corrected chi connectivity index (χ1v) is 7.74. The number of methoxy groups -OCH3 is 1. The fraction of sp³-hybridized carbons (Fsp3) is 0.167. The van der Waals surface area contributed by atoms with Crippen molar-refractivity contribution in [3.63, 3.8) is 0 Å². The molecule has 0 spiro atoms. The van der Waals surface area contributed by atoms with Gasteiger partial charge in [0.1, 0.15) is 12.3 Å². The van der Waals surface area contributed by atoms with Crippen LogP contribution in [0.25, 0.3) is 0 Å². The number of ether oxygens (including phenoxy) is 2. The van der Waals surface area contributed by atoms with Crippen LogP contribution in [0.2, 0.25) is 5.02 Å². The van der Waals surface area contributed by atoms with Crippen molar-refractivity contribution in [2.75, 3.05) is 20.3 Å². The molecule has 2 aromatic carbocycles. The molecule has 0 aliphatic carbocycles. The van der Waals surface area contributed by atoms with Crippen LogP contribution in [0.3, 0.4) is 0 Å². The van der Waals surface area contributed by atoms with Gasteiger partial charge in [0, 0.05) is 11.1 Å². The summed E-state index contributed by atoms with van der Waals surface area (Å²) < 4.78 is 9.89. The molecule has 0 saturated carbocycles. The maximum Gasteiger partial charge on any atom is 0.325 e. The van der Waals surface area contributed by atoms with E-state index in [1.165, 1.54) is 7.11 Å². The quantitative estimate of drug-likeness (QED) is 0.605. The van der Waals surface area contributed by atoms with Crippen LogP contribution in [0, 0.1) is 0 Å². The van der Waals surface area contributed by atoms with Crippen molar-refractivity contribution in [3.05, 3.63) is 64.7 Å². The van der Waals surface area contributed by atoms with Crippen LogP contribution in [0.15, 0.2) is 48.5 Å². The van der Waals surface area contributed by atoms with E-state index < -0.39 is 24.3 Å². The van der Waals surface area contributed by atoms with E-state index in [0.717, 1.165) is 0 Å². The summed E-state index contributed by atoms with van der Waals surface area (Å²) in [4.78, 5) is 35.6. The summed E-state index contributed by atoms with van der Waals surface area (Å²) in [5.41, 5.74) is 0.622. The number of hydrogen-bond donors (Lipinski definition) is 1. The van der Waals surface area contributed by atoms with Gasteiger partial charge in [0.15, 0.2) is 6.61 Å². The van der Waals surface area contributed by atoms with Crippen LogP contribution in [-0.4, -0.2) is 37.9 Å². The summed E-state index contributed by atoms with van der Waals surface area (Å²) in [5, 5.41) is 2.71. The zero-order chi connectivity index (χ0) is 18.2. The monoisotopic (exact) mass is 361 g/mol. The van der Waals surface area contributed by atoms with Crippen LogP contribution in [0.5, 0.6) is 5.75 Å². The molecule has 0 saturated heterocycles. The summed E-state index contributed by atoms with van der Waals surface area (Å²) in [6.07, 6.45) is 0. The fourth-order valence-corrected chi connectivity index (χ4v) is 2.22. The molecule has 0 radical (unpaired) electrons. The van der Waals surface area contributed by atoms with Crippen LogP contribution >= 0.6 is 11.6 Å². The predicted molar refractivity (Wildman–Crippen MR) is 92.1 cm³/mol. The zero-order valence-corrected chi connectivity index (χ0v) is 14.2. The Morgan fingerprint density at radius 2 is 1.84 bits per heavy atom. The van der Waals surface area contributed by atoms with E-state index in [1.807, 2.05) is 0 Å². The number of benzene rings is 2. The highest BCUT2D eigenvalue weighted by atomic mass is 35.5. The van der Waals surface area contributed by atoms with Gasteiger partial charge in [-0.15, -0.1) is 0 Å². The molecule has 0 aliphatic rings. The SMILES string of the molecule is COc1cccc(C(=O)NCC(=O)OCC(=O)c2ccccc2Cl)c1. The Kier molecular flexibility index (Phi) is 6.54. The van der Waals surface area contributed by atoms with Gasteiger partial charge < -0.3 is 14.8 Å². The number of Topliss-reactive ketones (excluding diaryl/α,β-unsaturated/α-hetero) is 1.